The van der Waals surface area contributed by atoms with Gasteiger partial charge in [-0.2, -0.15) is 0 Å². The van der Waals surface area contributed by atoms with Crippen molar-refractivity contribution in [3.8, 4) is 0 Å². The molecule has 1 amide bonds. The predicted octanol–water partition coefficient (Wildman–Crippen LogP) is 1.56. The molecule has 20 heavy (non-hydrogen) atoms. The topological polar surface area (TPSA) is 80.0 Å². The number of likely N-dealkylation sites (tertiary alicyclic amines) is 1. The zero-order valence-electron chi connectivity index (χ0n) is 13.3. The van der Waals surface area contributed by atoms with E-state index < -0.39 is 5.60 Å². The van der Waals surface area contributed by atoms with Gasteiger partial charge in [-0.25, -0.2) is 4.79 Å². The fourth-order valence-corrected chi connectivity index (χ4v) is 1.74. The SMILES string of the molecule is CC(C)CCN=C(N)NC1CN(C(=O)OC(C)(C)C)C1. The smallest absolute Gasteiger partial charge is 0.410 e. The lowest BCUT2D eigenvalue weighted by Crippen LogP contribution is -2.62. The second-order valence-corrected chi connectivity index (χ2v) is 6.68. The van der Waals surface area contributed by atoms with Crippen LogP contribution in [0.25, 0.3) is 0 Å². The number of nitrogens with one attached hydrogen (secondary N) is 1. The number of ether oxygens (including phenoxy) is 1. The van der Waals surface area contributed by atoms with E-state index in [1.165, 1.54) is 0 Å². The molecule has 0 atom stereocenters. The molecule has 6 nitrogen and oxygen atoms in total. The highest BCUT2D eigenvalue weighted by Gasteiger charge is 2.33. The molecule has 0 spiro atoms. The predicted molar refractivity (Wildman–Crippen MR) is 80.7 cm³/mol. The molecule has 0 bridgehead atoms. The minimum Gasteiger partial charge on any atom is -0.444 e. The molecule has 116 valence electrons. The van der Waals surface area contributed by atoms with Crippen LogP contribution in [0.3, 0.4) is 0 Å². The summed E-state index contributed by atoms with van der Waals surface area (Å²) in [5.41, 5.74) is 5.35. The van der Waals surface area contributed by atoms with E-state index in [-0.39, 0.29) is 12.1 Å². The van der Waals surface area contributed by atoms with E-state index >= 15 is 0 Å². The van der Waals surface area contributed by atoms with Crippen LogP contribution in [0.4, 0.5) is 4.79 Å². The van der Waals surface area contributed by atoms with E-state index in [0.29, 0.717) is 25.0 Å². The molecule has 3 N–H and O–H groups in total. The quantitative estimate of drug-likeness (QED) is 0.606. The third-order valence-corrected chi connectivity index (χ3v) is 2.87. The second-order valence-electron chi connectivity index (χ2n) is 6.68. The number of guanidine groups is 1. The molecule has 1 aliphatic heterocycles. The summed E-state index contributed by atoms with van der Waals surface area (Å²) in [7, 11) is 0. The lowest BCUT2D eigenvalue weighted by molar-refractivity contribution is 0.00706. The number of nitrogens with two attached hydrogens (primary N) is 1. The Hall–Kier alpha value is -1.46. The van der Waals surface area contributed by atoms with Crippen molar-refractivity contribution in [2.75, 3.05) is 19.6 Å². The van der Waals surface area contributed by atoms with E-state index in [4.69, 9.17) is 10.5 Å². The van der Waals surface area contributed by atoms with Crippen LogP contribution >= 0.6 is 0 Å². The molecule has 0 aromatic carbocycles. The maximum Gasteiger partial charge on any atom is 0.410 e. The zero-order valence-corrected chi connectivity index (χ0v) is 13.3. The Morgan fingerprint density at radius 1 is 1.45 bits per heavy atom. The standard InChI is InChI=1S/C14H28N4O2/c1-10(2)6-7-16-12(15)17-11-8-18(9-11)13(19)20-14(3,4)5/h10-11H,6-9H2,1-5H3,(H3,15,16,17). The molecule has 1 saturated heterocycles. The van der Waals surface area contributed by atoms with Crippen LogP contribution in [0.2, 0.25) is 0 Å². The van der Waals surface area contributed by atoms with E-state index in [0.717, 1.165) is 13.0 Å². The Morgan fingerprint density at radius 2 is 2.05 bits per heavy atom. The van der Waals surface area contributed by atoms with Crippen molar-refractivity contribution in [1.82, 2.24) is 10.2 Å². The molecule has 0 aromatic rings. The number of rotatable bonds is 4. The first-order chi connectivity index (χ1) is 9.17. The highest BCUT2D eigenvalue weighted by Crippen LogP contribution is 2.14. The monoisotopic (exact) mass is 284 g/mol. The van der Waals surface area contributed by atoms with Crippen molar-refractivity contribution in [3.05, 3.63) is 0 Å². The van der Waals surface area contributed by atoms with Crippen LogP contribution in [-0.4, -0.2) is 48.2 Å². The Morgan fingerprint density at radius 3 is 2.55 bits per heavy atom. The molecule has 1 rings (SSSR count). The van der Waals surface area contributed by atoms with Gasteiger partial charge in [0.1, 0.15) is 5.60 Å². The van der Waals surface area contributed by atoms with Gasteiger partial charge in [0, 0.05) is 19.6 Å². The summed E-state index contributed by atoms with van der Waals surface area (Å²) in [5.74, 6) is 1.08. The molecule has 1 heterocycles. The van der Waals surface area contributed by atoms with Crippen molar-refractivity contribution < 1.29 is 9.53 Å². The van der Waals surface area contributed by atoms with Crippen LogP contribution in [0.5, 0.6) is 0 Å². The van der Waals surface area contributed by atoms with Gasteiger partial charge in [0.15, 0.2) is 5.96 Å². The van der Waals surface area contributed by atoms with Gasteiger partial charge in [-0.3, -0.25) is 4.99 Å². The first kappa shape index (κ1) is 16.6. The summed E-state index contributed by atoms with van der Waals surface area (Å²) in [6.45, 7) is 11.8. The van der Waals surface area contributed by atoms with Gasteiger partial charge in [-0.15, -0.1) is 0 Å². The molecule has 0 aromatic heterocycles. The van der Waals surface area contributed by atoms with E-state index in [2.05, 4.69) is 24.2 Å². The molecule has 0 aliphatic carbocycles. The molecule has 0 saturated carbocycles. The molecule has 0 radical (unpaired) electrons. The number of aliphatic imine (C=N–C) groups is 1. The normalized spacial score (nSPS) is 17.1. The van der Waals surface area contributed by atoms with Crippen LogP contribution in [-0.2, 0) is 4.74 Å². The highest BCUT2D eigenvalue weighted by atomic mass is 16.6. The summed E-state index contributed by atoms with van der Waals surface area (Å²) >= 11 is 0. The van der Waals surface area contributed by atoms with Gasteiger partial charge >= 0.3 is 6.09 Å². The van der Waals surface area contributed by atoms with Crippen molar-refractivity contribution in [2.45, 2.75) is 52.7 Å². The summed E-state index contributed by atoms with van der Waals surface area (Å²) in [6.07, 6.45) is 0.753. The summed E-state index contributed by atoms with van der Waals surface area (Å²) in [4.78, 5) is 17.7. The first-order valence-corrected chi connectivity index (χ1v) is 7.22. The van der Waals surface area contributed by atoms with Crippen LogP contribution in [0.15, 0.2) is 4.99 Å². The molecular weight excluding hydrogens is 256 g/mol. The largest absolute Gasteiger partial charge is 0.444 e. The number of amides is 1. The van der Waals surface area contributed by atoms with E-state index in [1.54, 1.807) is 4.90 Å². The van der Waals surface area contributed by atoms with Crippen molar-refractivity contribution >= 4 is 12.1 Å². The molecule has 0 unspecified atom stereocenters. The number of hydrogen-bond acceptors (Lipinski definition) is 3. The van der Waals surface area contributed by atoms with Gasteiger partial charge in [-0.1, -0.05) is 13.8 Å². The number of carbonyl (C=O) groups is 1. The molecule has 1 fully saturated rings. The highest BCUT2D eigenvalue weighted by molar-refractivity contribution is 5.78. The molecule has 1 aliphatic rings. The van der Waals surface area contributed by atoms with E-state index in [9.17, 15) is 4.79 Å². The first-order valence-electron chi connectivity index (χ1n) is 7.22. The van der Waals surface area contributed by atoms with Gasteiger partial charge < -0.3 is 20.7 Å². The number of carbonyl (C=O) groups excluding carboxylic acids is 1. The Balaban J connectivity index is 2.23. The fraction of sp³-hybridized carbons (Fsp3) is 0.857. The van der Waals surface area contributed by atoms with Crippen LogP contribution < -0.4 is 11.1 Å². The number of hydrogen-bond donors (Lipinski definition) is 2. The van der Waals surface area contributed by atoms with Crippen molar-refractivity contribution in [1.29, 1.82) is 0 Å². The maximum atomic E-state index is 11.7. The van der Waals surface area contributed by atoms with Gasteiger partial charge in [0.25, 0.3) is 0 Å². The Labute approximate surface area is 121 Å². The minimum absolute atomic E-state index is 0.172. The third kappa shape index (κ3) is 6.12. The lowest BCUT2D eigenvalue weighted by atomic mass is 10.1. The summed E-state index contributed by atoms with van der Waals surface area (Å²) in [6, 6.07) is 0.172. The van der Waals surface area contributed by atoms with Crippen LogP contribution in [0.1, 0.15) is 41.0 Å². The minimum atomic E-state index is -0.451. The average Bonchev–Trinajstić information content (AvgIpc) is 2.19. The third-order valence-electron chi connectivity index (χ3n) is 2.87. The van der Waals surface area contributed by atoms with Gasteiger partial charge in [0.2, 0.25) is 0 Å². The second kappa shape index (κ2) is 6.81. The van der Waals surface area contributed by atoms with E-state index in [1.807, 2.05) is 20.8 Å². The van der Waals surface area contributed by atoms with Crippen LogP contribution in [0, 0.1) is 5.92 Å². The summed E-state index contributed by atoms with van der Waals surface area (Å²) < 4.78 is 5.28. The van der Waals surface area contributed by atoms with Crippen molar-refractivity contribution in [2.24, 2.45) is 16.6 Å². The lowest BCUT2D eigenvalue weighted by Gasteiger charge is -2.40. The van der Waals surface area contributed by atoms with Gasteiger partial charge in [-0.05, 0) is 33.1 Å². The zero-order chi connectivity index (χ0) is 15.3. The molecular formula is C14H28N4O2. The summed E-state index contributed by atoms with van der Waals surface area (Å²) in [5, 5.41) is 3.12. The number of nitrogens with zero attached hydrogens (tertiary/aromatic N) is 2. The Kier molecular flexibility index (Phi) is 5.65. The fourth-order valence-electron chi connectivity index (χ4n) is 1.74. The molecule has 6 heteroatoms. The van der Waals surface area contributed by atoms with Crippen molar-refractivity contribution in [3.63, 3.8) is 0 Å². The Bertz CT molecular complexity index is 355. The average molecular weight is 284 g/mol. The maximum absolute atomic E-state index is 11.7. The van der Waals surface area contributed by atoms with Gasteiger partial charge in [0.05, 0.1) is 6.04 Å².